The zero-order valence-corrected chi connectivity index (χ0v) is 9.68. The summed E-state index contributed by atoms with van der Waals surface area (Å²) in [4.78, 5) is 3.83. The molecule has 1 aliphatic heterocycles. The summed E-state index contributed by atoms with van der Waals surface area (Å²) in [6.45, 7) is 2.29. The summed E-state index contributed by atoms with van der Waals surface area (Å²) in [5.74, 6) is -0.922. The first-order valence-corrected chi connectivity index (χ1v) is 5.54. The van der Waals surface area contributed by atoms with Gasteiger partial charge in [0.1, 0.15) is 36.0 Å². The van der Waals surface area contributed by atoms with Gasteiger partial charge in [-0.05, 0) is 25.1 Å². The summed E-state index contributed by atoms with van der Waals surface area (Å²) in [5, 5.41) is 3.97. The van der Waals surface area contributed by atoms with E-state index < -0.39 is 23.3 Å². The van der Waals surface area contributed by atoms with Gasteiger partial charge in [-0.15, -0.1) is 0 Å². The number of epoxide rings is 1. The number of hydrogen-bond donors (Lipinski definition) is 0. The zero-order valence-electron chi connectivity index (χ0n) is 9.68. The normalized spacial score (nSPS) is 26.3. The fourth-order valence-electron chi connectivity index (χ4n) is 2.10. The molecule has 2 aromatic rings. The minimum atomic E-state index is -0.567. The summed E-state index contributed by atoms with van der Waals surface area (Å²) in [6, 6.07) is 3.38. The molecular weight excluding hydrogens is 240 g/mol. The first kappa shape index (κ1) is 11.3. The van der Waals surface area contributed by atoms with Gasteiger partial charge in [-0.1, -0.05) is 0 Å². The lowest BCUT2D eigenvalue weighted by Crippen LogP contribution is -2.17. The predicted molar refractivity (Wildman–Crippen MR) is 58.6 cm³/mol. The van der Waals surface area contributed by atoms with E-state index in [1.165, 1.54) is 12.4 Å². The molecule has 0 saturated carbocycles. The summed E-state index contributed by atoms with van der Waals surface area (Å²) >= 11 is 0. The molecule has 18 heavy (non-hydrogen) atoms. The fourth-order valence-corrected chi connectivity index (χ4v) is 2.10. The van der Waals surface area contributed by atoms with Crippen LogP contribution in [0.4, 0.5) is 8.78 Å². The number of ether oxygens (including phenoxy) is 1. The molecule has 2 heterocycles. The molecule has 0 N–H and O–H groups in total. The highest BCUT2D eigenvalue weighted by Gasteiger charge is 2.54. The van der Waals surface area contributed by atoms with Gasteiger partial charge in [0.15, 0.2) is 0 Å². The molecule has 0 amide bonds. The van der Waals surface area contributed by atoms with Crippen LogP contribution in [0.5, 0.6) is 0 Å². The largest absolute Gasteiger partial charge is 0.359 e. The van der Waals surface area contributed by atoms with E-state index in [-0.39, 0.29) is 5.56 Å². The van der Waals surface area contributed by atoms with Crippen LogP contribution in [-0.2, 0) is 11.3 Å². The van der Waals surface area contributed by atoms with E-state index in [0.29, 0.717) is 6.54 Å². The van der Waals surface area contributed by atoms with Gasteiger partial charge in [-0.25, -0.2) is 18.4 Å². The number of nitrogens with zero attached hydrogens (tertiary/aromatic N) is 3. The Morgan fingerprint density at radius 3 is 3.00 bits per heavy atom. The maximum Gasteiger partial charge on any atom is 0.137 e. The minimum Gasteiger partial charge on any atom is -0.359 e. The van der Waals surface area contributed by atoms with Crippen molar-refractivity contribution >= 4 is 0 Å². The summed E-state index contributed by atoms with van der Waals surface area (Å²) in [6.07, 6.45) is 2.53. The first-order valence-electron chi connectivity index (χ1n) is 5.54. The Morgan fingerprint density at radius 2 is 2.28 bits per heavy atom. The van der Waals surface area contributed by atoms with Gasteiger partial charge in [0, 0.05) is 5.56 Å². The molecule has 0 radical (unpaired) electrons. The van der Waals surface area contributed by atoms with Crippen molar-refractivity contribution in [2.75, 3.05) is 0 Å². The Kier molecular flexibility index (Phi) is 2.41. The smallest absolute Gasteiger partial charge is 0.137 e. The molecule has 6 heteroatoms. The maximum atomic E-state index is 13.6. The molecule has 2 unspecified atom stereocenters. The van der Waals surface area contributed by atoms with Crippen LogP contribution in [0.1, 0.15) is 18.6 Å². The highest BCUT2D eigenvalue weighted by molar-refractivity contribution is 5.27. The Bertz CT molecular complexity index is 573. The highest BCUT2D eigenvalue weighted by Crippen LogP contribution is 2.51. The van der Waals surface area contributed by atoms with E-state index in [1.807, 2.05) is 6.92 Å². The molecule has 94 valence electrons. The van der Waals surface area contributed by atoms with Gasteiger partial charge >= 0.3 is 0 Å². The Hall–Kier alpha value is -1.82. The number of rotatable bonds is 3. The quantitative estimate of drug-likeness (QED) is 0.784. The fraction of sp³-hybridized carbons (Fsp3) is 0.333. The van der Waals surface area contributed by atoms with Crippen LogP contribution in [0.3, 0.4) is 0 Å². The van der Waals surface area contributed by atoms with Crippen molar-refractivity contribution in [3.8, 4) is 0 Å². The molecule has 1 aliphatic rings. The third kappa shape index (κ3) is 1.88. The van der Waals surface area contributed by atoms with Crippen molar-refractivity contribution in [3.05, 3.63) is 48.1 Å². The average Bonchev–Trinajstić information content (AvgIpc) is 2.74. The Morgan fingerprint density at radius 1 is 1.44 bits per heavy atom. The number of benzene rings is 1. The summed E-state index contributed by atoms with van der Waals surface area (Å²) < 4.78 is 33.8. The third-order valence-corrected chi connectivity index (χ3v) is 3.07. The van der Waals surface area contributed by atoms with E-state index in [0.717, 1.165) is 12.1 Å². The first-order chi connectivity index (χ1) is 8.58. The van der Waals surface area contributed by atoms with Crippen LogP contribution in [0.15, 0.2) is 30.9 Å². The van der Waals surface area contributed by atoms with Gasteiger partial charge < -0.3 is 4.74 Å². The lowest BCUT2D eigenvalue weighted by molar-refractivity contribution is 0.276. The van der Waals surface area contributed by atoms with Gasteiger partial charge in [0.05, 0.1) is 6.54 Å². The second-order valence-corrected chi connectivity index (χ2v) is 4.57. The Labute approximate surface area is 102 Å². The van der Waals surface area contributed by atoms with Gasteiger partial charge in [0.2, 0.25) is 0 Å². The van der Waals surface area contributed by atoms with Gasteiger partial charge in [-0.2, -0.15) is 5.10 Å². The van der Waals surface area contributed by atoms with E-state index in [2.05, 4.69) is 10.1 Å². The average molecular weight is 251 g/mol. The van der Waals surface area contributed by atoms with Crippen LogP contribution in [-0.4, -0.2) is 20.4 Å². The van der Waals surface area contributed by atoms with Crippen molar-refractivity contribution in [3.63, 3.8) is 0 Å². The Balaban J connectivity index is 1.82. The van der Waals surface area contributed by atoms with Crippen LogP contribution in [0.25, 0.3) is 0 Å². The van der Waals surface area contributed by atoms with Gasteiger partial charge in [-0.3, -0.25) is 0 Å². The van der Waals surface area contributed by atoms with Gasteiger partial charge in [0.25, 0.3) is 0 Å². The van der Waals surface area contributed by atoms with E-state index in [4.69, 9.17) is 4.74 Å². The van der Waals surface area contributed by atoms with E-state index in [9.17, 15) is 8.78 Å². The topological polar surface area (TPSA) is 43.2 Å². The molecular formula is C12H11F2N3O. The highest BCUT2D eigenvalue weighted by atomic mass is 19.1. The third-order valence-electron chi connectivity index (χ3n) is 3.07. The van der Waals surface area contributed by atoms with Crippen LogP contribution in [0, 0.1) is 11.6 Å². The second-order valence-electron chi connectivity index (χ2n) is 4.57. The monoisotopic (exact) mass is 251 g/mol. The van der Waals surface area contributed by atoms with Crippen molar-refractivity contribution in [2.24, 2.45) is 0 Å². The van der Waals surface area contributed by atoms with Crippen molar-refractivity contribution in [2.45, 2.75) is 25.2 Å². The lowest BCUT2D eigenvalue weighted by atomic mass is 10.0. The maximum absolute atomic E-state index is 13.6. The van der Waals surface area contributed by atoms with E-state index in [1.54, 1.807) is 11.0 Å². The van der Waals surface area contributed by atoms with Crippen LogP contribution in [0.2, 0.25) is 0 Å². The predicted octanol–water partition coefficient (Wildman–Crippen LogP) is 2.09. The van der Waals surface area contributed by atoms with Crippen molar-refractivity contribution in [1.82, 2.24) is 14.8 Å². The zero-order chi connectivity index (χ0) is 12.8. The standard InChI is InChI=1S/C12H11F2N3O/c1-12(5-17-7-15-6-16-17)11(18-12)9-4-8(13)2-3-10(9)14/h2-4,6-7,11H,5H2,1H3. The molecule has 3 rings (SSSR count). The molecule has 0 bridgehead atoms. The molecule has 2 atom stereocenters. The molecule has 1 fully saturated rings. The number of aromatic nitrogens is 3. The summed E-state index contributed by atoms with van der Waals surface area (Å²) in [5.41, 5.74) is -0.319. The van der Waals surface area contributed by atoms with Crippen LogP contribution < -0.4 is 0 Å². The molecule has 0 aliphatic carbocycles. The van der Waals surface area contributed by atoms with Crippen molar-refractivity contribution in [1.29, 1.82) is 0 Å². The van der Waals surface area contributed by atoms with E-state index >= 15 is 0 Å². The molecule has 1 aromatic heterocycles. The summed E-state index contributed by atoms with van der Waals surface area (Å²) in [7, 11) is 0. The molecule has 0 spiro atoms. The molecule has 4 nitrogen and oxygen atoms in total. The van der Waals surface area contributed by atoms with Crippen molar-refractivity contribution < 1.29 is 13.5 Å². The SMILES string of the molecule is CC1(Cn2cncn2)OC1c1cc(F)ccc1F. The molecule has 1 aromatic carbocycles. The second kappa shape index (κ2) is 3.84. The molecule has 1 saturated heterocycles. The number of hydrogen-bond acceptors (Lipinski definition) is 3. The lowest BCUT2D eigenvalue weighted by Gasteiger charge is -2.06. The minimum absolute atomic E-state index is 0.248. The number of halogens is 2. The van der Waals surface area contributed by atoms with Crippen LogP contribution >= 0.6 is 0 Å².